The van der Waals surface area contributed by atoms with Crippen molar-refractivity contribution in [3.05, 3.63) is 23.9 Å². The van der Waals surface area contributed by atoms with Gasteiger partial charge in [-0.1, -0.05) is 12.5 Å². The van der Waals surface area contributed by atoms with Crippen LogP contribution in [0.25, 0.3) is 0 Å². The summed E-state index contributed by atoms with van der Waals surface area (Å²) in [5.74, 6) is 0. The minimum Gasteiger partial charge on any atom is -0.327 e. The van der Waals surface area contributed by atoms with Crippen molar-refractivity contribution >= 4 is 11.8 Å². The molecule has 0 radical (unpaired) electrons. The van der Waals surface area contributed by atoms with Crippen LogP contribution in [0.4, 0.5) is 0 Å². The number of rotatable bonds is 2. The van der Waals surface area contributed by atoms with E-state index in [4.69, 9.17) is 5.73 Å². The van der Waals surface area contributed by atoms with Crippen molar-refractivity contribution in [2.75, 3.05) is 0 Å². The van der Waals surface area contributed by atoms with E-state index in [-0.39, 0.29) is 0 Å². The molecule has 14 heavy (non-hydrogen) atoms. The Morgan fingerprint density at radius 1 is 1.50 bits per heavy atom. The molecule has 1 aromatic heterocycles. The summed E-state index contributed by atoms with van der Waals surface area (Å²) in [5.41, 5.74) is 7.29. The fourth-order valence-electron chi connectivity index (χ4n) is 1.84. The van der Waals surface area contributed by atoms with Gasteiger partial charge in [-0.3, -0.25) is 0 Å². The Hall–Kier alpha value is -0.540. The molecule has 0 aromatic carbocycles. The maximum atomic E-state index is 6.03. The standard InChI is InChI=1S/C11H16N2S/c1-8-4-3-7-13-11(8)14-10-6-2-5-9(10)12/h3-4,7,9-10H,2,5-6,12H2,1H3. The summed E-state index contributed by atoms with van der Waals surface area (Å²) in [7, 11) is 0. The number of aromatic nitrogens is 1. The lowest BCUT2D eigenvalue weighted by Gasteiger charge is -2.14. The molecule has 1 aromatic rings. The van der Waals surface area contributed by atoms with E-state index in [1.807, 2.05) is 24.0 Å². The molecule has 2 nitrogen and oxygen atoms in total. The van der Waals surface area contributed by atoms with E-state index in [1.165, 1.54) is 24.8 Å². The monoisotopic (exact) mass is 208 g/mol. The average molecular weight is 208 g/mol. The number of aryl methyl sites for hydroxylation is 1. The van der Waals surface area contributed by atoms with E-state index in [1.54, 1.807) is 0 Å². The van der Waals surface area contributed by atoms with Gasteiger partial charge in [0.05, 0.1) is 5.03 Å². The summed E-state index contributed by atoms with van der Waals surface area (Å²) in [6.45, 7) is 2.11. The summed E-state index contributed by atoms with van der Waals surface area (Å²) in [6, 6.07) is 4.45. The Balaban J connectivity index is 2.07. The van der Waals surface area contributed by atoms with Crippen molar-refractivity contribution in [1.29, 1.82) is 0 Å². The number of nitrogens with two attached hydrogens (primary N) is 1. The van der Waals surface area contributed by atoms with Crippen LogP contribution in [0.5, 0.6) is 0 Å². The summed E-state index contributed by atoms with van der Waals surface area (Å²) in [5, 5.41) is 1.72. The summed E-state index contributed by atoms with van der Waals surface area (Å²) >= 11 is 1.85. The maximum absolute atomic E-state index is 6.03. The molecule has 1 aliphatic carbocycles. The number of hydrogen-bond donors (Lipinski definition) is 1. The molecule has 2 unspecified atom stereocenters. The molecule has 2 rings (SSSR count). The minimum absolute atomic E-state index is 0.362. The van der Waals surface area contributed by atoms with Gasteiger partial charge < -0.3 is 5.73 Å². The summed E-state index contributed by atoms with van der Waals surface area (Å²) in [4.78, 5) is 4.38. The normalized spacial score (nSPS) is 26.7. The molecule has 1 saturated carbocycles. The quantitative estimate of drug-likeness (QED) is 0.811. The van der Waals surface area contributed by atoms with Crippen molar-refractivity contribution in [3.8, 4) is 0 Å². The second-order valence-corrected chi connectivity index (χ2v) is 5.10. The molecular formula is C11H16N2S. The van der Waals surface area contributed by atoms with E-state index in [0.29, 0.717) is 11.3 Å². The molecule has 1 fully saturated rings. The zero-order valence-electron chi connectivity index (χ0n) is 8.44. The van der Waals surface area contributed by atoms with E-state index in [2.05, 4.69) is 18.0 Å². The van der Waals surface area contributed by atoms with Crippen LogP contribution >= 0.6 is 11.8 Å². The fraction of sp³-hybridized carbons (Fsp3) is 0.545. The zero-order chi connectivity index (χ0) is 9.97. The van der Waals surface area contributed by atoms with Gasteiger partial charge in [0.25, 0.3) is 0 Å². The molecule has 0 spiro atoms. The van der Waals surface area contributed by atoms with Crippen LogP contribution in [0.3, 0.4) is 0 Å². The van der Waals surface area contributed by atoms with Gasteiger partial charge in [0.2, 0.25) is 0 Å². The summed E-state index contributed by atoms with van der Waals surface area (Å²) < 4.78 is 0. The molecule has 3 heteroatoms. The van der Waals surface area contributed by atoms with Crippen molar-refractivity contribution in [2.45, 2.75) is 42.5 Å². The third kappa shape index (κ3) is 2.10. The first-order valence-electron chi connectivity index (χ1n) is 5.11. The molecule has 1 aliphatic rings. The molecule has 0 amide bonds. The third-order valence-corrected chi connectivity index (χ3v) is 4.27. The van der Waals surface area contributed by atoms with Gasteiger partial charge in [-0.15, -0.1) is 11.8 Å². The second-order valence-electron chi connectivity index (χ2n) is 3.88. The Bertz CT molecular complexity index is 314. The van der Waals surface area contributed by atoms with Crippen molar-refractivity contribution in [1.82, 2.24) is 4.98 Å². The average Bonchev–Trinajstić information content (AvgIpc) is 2.56. The van der Waals surface area contributed by atoms with Gasteiger partial charge in [-0.25, -0.2) is 4.98 Å². The van der Waals surface area contributed by atoms with Crippen molar-refractivity contribution in [3.63, 3.8) is 0 Å². The Kier molecular flexibility index (Phi) is 3.08. The van der Waals surface area contributed by atoms with Crippen LogP contribution in [0.1, 0.15) is 24.8 Å². The predicted octanol–water partition coefficient (Wildman–Crippen LogP) is 2.36. The molecule has 2 N–H and O–H groups in total. The van der Waals surface area contributed by atoms with Gasteiger partial charge in [0.1, 0.15) is 0 Å². The van der Waals surface area contributed by atoms with Crippen molar-refractivity contribution < 1.29 is 0 Å². The van der Waals surface area contributed by atoms with Crippen LogP contribution in [0.2, 0.25) is 0 Å². The molecular weight excluding hydrogens is 192 g/mol. The molecule has 2 atom stereocenters. The molecule has 0 aliphatic heterocycles. The first-order chi connectivity index (χ1) is 6.77. The summed E-state index contributed by atoms with van der Waals surface area (Å²) in [6.07, 6.45) is 5.53. The Morgan fingerprint density at radius 3 is 3.00 bits per heavy atom. The highest BCUT2D eigenvalue weighted by atomic mass is 32.2. The van der Waals surface area contributed by atoms with E-state index >= 15 is 0 Å². The number of nitrogens with zero attached hydrogens (tertiary/aromatic N) is 1. The number of thioether (sulfide) groups is 1. The lowest BCUT2D eigenvalue weighted by molar-refractivity contribution is 0.715. The minimum atomic E-state index is 0.362. The van der Waals surface area contributed by atoms with Gasteiger partial charge >= 0.3 is 0 Å². The van der Waals surface area contributed by atoms with E-state index < -0.39 is 0 Å². The van der Waals surface area contributed by atoms with Crippen molar-refractivity contribution in [2.24, 2.45) is 5.73 Å². The Labute approximate surface area is 89.3 Å². The van der Waals surface area contributed by atoms with Crippen LogP contribution < -0.4 is 5.73 Å². The van der Waals surface area contributed by atoms with Gasteiger partial charge in [0.15, 0.2) is 0 Å². The molecule has 1 heterocycles. The smallest absolute Gasteiger partial charge is 0.0992 e. The molecule has 76 valence electrons. The number of hydrogen-bond acceptors (Lipinski definition) is 3. The topological polar surface area (TPSA) is 38.9 Å². The number of pyridine rings is 1. The zero-order valence-corrected chi connectivity index (χ0v) is 9.26. The highest BCUT2D eigenvalue weighted by Gasteiger charge is 2.25. The maximum Gasteiger partial charge on any atom is 0.0992 e. The van der Waals surface area contributed by atoms with E-state index in [0.717, 1.165) is 5.03 Å². The fourth-order valence-corrected chi connectivity index (χ4v) is 3.10. The Morgan fingerprint density at radius 2 is 2.36 bits per heavy atom. The highest BCUT2D eigenvalue weighted by Crippen LogP contribution is 2.34. The first kappa shape index (κ1) is 9.99. The van der Waals surface area contributed by atoms with Gasteiger partial charge in [-0.2, -0.15) is 0 Å². The lowest BCUT2D eigenvalue weighted by atomic mass is 10.3. The predicted molar refractivity (Wildman–Crippen MR) is 60.4 cm³/mol. The SMILES string of the molecule is Cc1cccnc1SC1CCCC1N. The van der Waals surface area contributed by atoms with Crippen LogP contribution in [0.15, 0.2) is 23.4 Å². The first-order valence-corrected chi connectivity index (χ1v) is 5.99. The second kappa shape index (κ2) is 4.32. The molecule has 0 saturated heterocycles. The van der Waals surface area contributed by atoms with E-state index in [9.17, 15) is 0 Å². The highest BCUT2D eigenvalue weighted by molar-refractivity contribution is 8.00. The van der Waals surface area contributed by atoms with Crippen LogP contribution in [-0.2, 0) is 0 Å². The van der Waals surface area contributed by atoms with Crippen LogP contribution in [-0.4, -0.2) is 16.3 Å². The lowest BCUT2D eigenvalue weighted by Crippen LogP contribution is -2.26. The van der Waals surface area contributed by atoms with Gasteiger partial charge in [-0.05, 0) is 31.4 Å². The van der Waals surface area contributed by atoms with Gasteiger partial charge in [0, 0.05) is 17.5 Å². The third-order valence-electron chi connectivity index (χ3n) is 2.73. The largest absolute Gasteiger partial charge is 0.327 e. The molecule has 0 bridgehead atoms. The van der Waals surface area contributed by atoms with Crippen LogP contribution in [0, 0.1) is 6.92 Å².